The van der Waals surface area contributed by atoms with E-state index in [0.29, 0.717) is 12.1 Å². The second kappa shape index (κ2) is 5.42. The summed E-state index contributed by atoms with van der Waals surface area (Å²) in [6.45, 7) is 6.15. The molecule has 0 aliphatic heterocycles. The van der Waals surface area contributed by atoms with Crippen molar-refractivity contribution in [2.45, 2.75) is 39.8 Å². The highest BCUT2D eigenvalue weighted by molar-refractivity contribution is 8.08. The lowest BCUT2D eigenvalue weighted by Crippen LogP contribution is -2.34. The summed E-state index contributed by atoms with van der Waals surface area (Å²) in [6, 6.07) is 0.677. The summed E-state index contributed by atoms with van der Waals surface area (Å²) in [4.78, 5) is 0. The van der Waals surface area contributed by atoms with Crippen molar-refractivity contribution in [2.75, 3.05) is 14.2 Å². The van der Waals surface area contributed by atoms with Crippen LogP contribution in [0.2, 0.25) is 0 Å². The van der Waals surface area contributed by atoms with E-state index in [4.69, 9.17) is 20.9 Å². The highest BCUT2D eigenvalue weighted by Gasteiger charge is 2.30. The van der Waals surface area contributed by atoms with E-state index in [2.05, 4.69) is 32.4 Å². The van der Waals surface area contributed by atoms with Crippen LogP contribution >= 0.6 is 6.64 Å². The van der Waals surface area contributed by atoms with E-state index in [9.17, 15) is 0 Å². The molecule has 0 radical (unpaired) electrons. The molecule has 0 aromatic heterocycles. The predicted molar refractivity (Wildman–Crippen MR) is 60.4 cm³/mol. The van der Waals surface area contributed by atoms with Crippen LogP contribution in [-0.4, -0.2) is 31.0 Å². The van der Waals surface area contributed by atoms with Crippen molar-refractivity contribution in [1.29, 1.82) is 0 Å². The van der Waals surface area contributed by atoms with Crippen molar-refractivity contribution in [3.05, 3.63) is 0 Å². The third-order valence-corrected chi connectivity index (χ3v) is 5.67. The monoisotopic (exact) mass is 225 g/mol. The van der Waals surface area contributed by atoms with E-state index in [1.807, 2.05) is 0 Å². The Kier molecular flexibility index (Phi) is 5.64. The van der Waals surface area contributed by atoms with Crippen molar-refractivity contribution in [1.82, 2.24) is 4.67 Å². The molecule has 0 bridgehead atoms. The Bertz CT molecular complexity index is 181. The fraction of sp³-hybridized carbons (Fsp3) is 1.00. The van der Waals surface area contributed by atoms with Gasteiger partial charge in [-0.15, -0.1) is 0 Å². The van der Waals surface area contributed by atoms with E-state index in [0.717, 1.165) is 0 Å². The van der Waals surface area contributed by atoms with Crippen molar-refractivity contribution >= 4 is 18.4 Å². The summed E-state index contributed by atoms with van der Waals surface area (Å²) in [6.07, 6.45) is 0. The summed E-state index contributed by atoms with van der Waals surface area (Å²) in [5.74, 6) is 0. The summed E-state index contributed by atoms with van der Waals surface area (Å²) in [5, 5.41) is 0. The van der Waals surface area contributed by atoms with Gasteiger partial charge >= 0.3 is 0 Å². The smallest absolute Gasteiger partial charge is 0.263 e. The maximum absolute atomic E-state index is 5.37. The Morgan fingerprint density at radius 2 is 1.31 bits per heavy atom. The van der Waals surface area contributed by atoms with Gasteiger partial charge in [0.05, 0.1) is 0 Å². The summed E-state index contributed by atoms with van der Waals surface area (Å²) < 4.78 is 12.7. The Morgan fingerprint density at radius 1 is 1.00 bits per heavy atom. The van der Waals surface area contributed by atoms with Gasteiger partial charge in [-0.25, -0.2) is 4.67 Å². The Hall–Kier alpha value is 0.530. The molecule has 3 nitrogen and oxygen atoms in total. The maximum atomic E-state index is 5.37. The molecule has 0 spiro atoms. The summed E-state index contributed by atoms with van der Waals surface area (Å²) in [7, 11) is 3.23. The van der Waals surface area contributed by atoms with E-state index in [-0.39, 0.29) is 0 Å². The first-order valence-electron chi connectivity index (χ1n) is 4.39. The van der Waals surface area contributed by atoms with E-state index < -0.39 is 6.64 Å². The van der Waals surface area contributed by atoms with Crippen LogP contribution in [0.4, 0.5) is 0 Å². The Labute approximate surface area is 86.6 Å². The molecule has 0 aliphatic rings. The molecule has 0 heterocycles. The van der Waals surface area contributed by atoms with Crippen LogP contribution in [-0.2, 0) is 20.9 Å². The van der Waals surface area contributed by atoms with Gasteiger partial charge in [0.25, 0.3) is 6.64 Å². The van der Waals surface area contributed by atoms with Crippen LogP contribution in [0.25, 0.3) is 0 Å². The molecule has 0 aromatic rings. The zero-order valence-corrected chi connectivity index (χ0v) is 11.0. The molecular formula is C8H20NO2PS. The minimum atomic E-state index is -2.24. The molecule has 0 amide bonds. The van der Waals surface area contributed by atoms with Gasteiger partial charge in [-0.2, -0.15) is 0 Å². The molecule has 0 rings (SSSR count). The Morgan fingerprint density at radius 3 is 1.38 bits per heavy atom. The molecule has 0 saturated heterocycles. The van der Waals surface area contributed by atoms with Crippen molar-refractivity contribution < 1.29 is 9.05 Å². The molecule has 0 aromatic carbocycles. The molecular weight excluding hydrogens is 205 g/mol. The van der Waals surface area contributed by atoms with Crippen LogP contribution in [0.5, 0.6) is 0 Å². The Balaban J connectivity index is 4.81. The number of nitrogens with zero attached hydrogens (tertiary/aromatic N) is 1. The second-order valence-electron chi connectivity index (χ2n) is 3.40. The third kappa shape index (κ3) is 3.30. The minimum absolute atomic E-state index is 0.339. The molecule has 0 N–H and O–H groups in total. The molecule has 13 heavy (non-hydrogen) atoms. The third-order valence-electron chi connectivity index (χ3n) is 1.80. The molecule has 0 aliphatic carbocycles. The highest BCUT2D eigenvalue weighted by Crippen LogP contribution is 2.53. The number of hydrogen-bond acceptors (Lipinski definition) is 3. The van der Waals surface area contributed by atoms with Gasteiger partial charge in [0.2, 0.25) is 0 Å². The van der Waals surface area contributed by atoms with Gasteiger partial charge in [0.1, 0.15) is 0 Å². The first-order chi connectivity index (χ1) is 5.89. The number of rotatable bonds is 5. The lowest BCUT2D eigenvalue weighted by molar-refractivity contribution is 0.215. The largest absolute Gasteiger partial charge is 0.321 e. The van der Waals surface area contributed by atoms with E-state index >= 15 is 0 Å². The van der Waals surface area contributed by atoms with Crippen LogP contribution in [0.3, 0.4) is 0 Å². The van der Waals surface area contributed by atoms with Gasteiger partial charge in [-0.05, 0) is 39.5 Å². The topological polar surface area (TPSA) is 21.7 Å². The SMILES string of the molecule is COP(=S)(OC)N(C(C)C)C(C)C. The normalized spacial score (nSPS) is 13.3. The molecule has 0 fully saturated rings. The highest BCUT2D eigenvalue weighted by atomic mass is 32.5. The fourth-order valence-electron chi connectivity index (χ4n) is 1.43. The zero-order chi connectivity index (χ0) is 10.6. The minimum Gasteiger partial charge on any atom is -0.321 e. The van der Waals surface area contributed by atoms with E-state index in [1.54, 1.807) is 14.2 Å². The fourth-order valence-corrected chi connectivity index (χ4v) is 4.21. The summed E-state index contributed by atoms with van der Waals surface area (Å²) >= 11 is 5.37. The van der Waals surface area contributed by atoms with Crippen LogP contribution in [0, 0.1) is 0 Å². The van der Waals surface area contributed by atoms with Crippen molar-refractivity contribution in [3.8, 4) is 0 Å². The van der Waals surface area contributed by atoms with Gasteiger partial charge in [-0.1, -0.05) is 0 Å². The van der Waals surface area contributed by atoms with Crippen LogP contribution in [0.1, 0.15) is 27.7 Å². The number of hydrogen-bond donors (Lipinski definition) is 0. The van der Waals surface area contributed by atoms with Crippen molar-refractivity contribution in [3.63, 3.8) is 0 Å². The van der Waals surface area contributed by atoms with Gasteiger partial charge < -0.3 is 9.05 Å². The lowest BCUT2D eigenvalue weighted by atomic mass is 10.3. The predicted octanol–water partition coefficient (Wildman–Crippen LogP) is 2.62. The molecule has 0 saturated carbocycles. The second-order valence-corrected chi connectivity index (χ2v) is 6.91. The first kappa shape index (κ1) is 13.5. The van der Waals surface area contributed by atoms with Crippen LogP contribution in [0.15, 0.2) is 0 Å². The average Bonchev–Trinajstić information content (AvgIpc) is 2.02. The maximum Gasteiger partial charge on any atom is 0.263 e. The van der Waals surface area contributed by atoms with Gasteiger partial charge in [0.15, 0.2) is 0 Å². The summed E-state index contributed by atoms with van der Waals surface area (Å²) in [5.41, 5.74) is 0. The standard InChI is InChI=1S/C8H20NO2PS/c1-7(2)9(8(3)4)12(13,10-5)11-6/h7-8H,1-6H3. The molecule has 0 unspecified atom stereocenters. The molecule has 5 heteroatoms. The van der Waals surface area contributed by atoms with Crippen molar-refractivity contribution in [2.24, 2.45) is 0 Å². The quantitative estimate of drug-likeness (QED) is 0.670. The first-order valence-corrected chi connectivity index (χ1v) is 6.98. The van der Waals surface area contributed by atoms with Gasteiger partial charge in [-0.3, -0.25) is 0 Å². The average molecular weight is 225 g/mol. The van der Waals surface area contributed by atoms with E-state index in [1.165, 1.54) is 0 Å². The van der Waals surface area contributed by atoms with Crippen LogP contribution < -0.4 is 0 Å². The molecule has 0 atom stereocenters. The zero-order valence-electron chi connectivity index (χ0n) is 9.27. The lowest BCUT2D eigenvalue weighted by Gasteiger charge is -2.37. The molecule has 80 valence electrons. The van der Waals surface area contributed by atoms with Gasteiger partial charge in [0, 0.05) is 26.3 Å².